The van der Waals surface area contributed by atoms with E-state index in [4.69, 9.17) is 10.8 Å². The second-order valence-corrected chi connectivity index (χ2v) is 4.18. The number of hydrogen-bond donors (Lipinski definition) is 3. The molecule has 0 radical (unpaired) electrons. The van der Waals surface area contributed by atoms with Gasteiger partial charge in [-0.2, -0.15) is 0 Å². The van der Waals surface area contributed by atoms with Crippen LogP contribution in [-0.2, 0) is 17.6 Å². The van der Waals surface area contributed by atoms with Gasteiger partial charge in [0.1, 0.15) is 5.82 Å². The largest absolute Gasteiger partial charge is 0.481 e. The van der Waals surface area contributed by atoms with Crippen molar-refractivity contribution in [1.82, 2.24) is 9.97 Å². The van der Waals surface area contributed by atoms with Crippen LogP contribution in [0.25, 0.3) is 0 Å². The summed E-state index contributed by atoms with van der Waals surface area (Å²) in [6.07, 6.45) is 2.90. The fourth-order valence-corrected chi connectivity index (χ4v) is 1.46. The van der Waals surface area contributed by atoms with Crippen molar-refractivity contribution in [3.8, 4) is 0 Å². The molecule has 0 fully saturated rings. The molecule has 4 N–H and O–H groups in total. The van der Waals surface area contributed by atoms with Crippen LogP contribution in [0.4, 0.5) is 5.69 Å². The molecule has 5 heteroatoms. The molecule has 0 aliphatic rings. The van der Waals surface area contributed by atoms with Crippen LogP contribution in [0.5, 0.6) is 0 Å². The van der Waals surface area contributed by atoms with Crippen LogP contribution in [0.2, 0.25) is 0 Å². The number of carboxylic acid groups (broad SMARTS) is 1. The maximum atomic E-state index is 10.2. The Bertz CT molecular complexity index is 518. The lowest BCUT2D eigenvalue weighted by atomic mass is 10.1. The molecule has 0 atom stereocenters. The number of nitrogens with zero attached hydrogens (tertiary/aromatic N) is 1. The highest BCUT2D eigenvalue weighted by molar-refractivity contribution is 5.70. The number of benzene rings is 1. The molecule has 0 aliphatic carbocycles. The molecule has 0 aliphatic heterocycles. The molecule has 19 heavy (non-hydrogen) atoms. The summed E-state index contributed by atoms with van der Waals surface area (Å²) in [5.41, 5.74) is 7.97. The first-order valence-electron chi connectivity index (χ1n) is 6.08. The molecular formula is C14H19N3O2. The van der Waals surface area contributed by atoms with Crippen LogP contribution in [0.3, 0.4) is 0 Å². The predicted molar refractivity (Wildman–Crippen MR) is 74.9 cm³/mol. The van der Waals surface area contributed by atoms with Gasteiger partial charge in [-0.05, 0) is 24.6 Å². The molecule has 0 unspecified atom stereocenters. The van der Waals surface area contributed by atoms with E-state index in [0.717, 1.165) is 23.5 Å². The highest BCUT2D eigenvalue weighted by Crippen LogP contribution is 2.05. The third-order valence-corrected chi connectivity index (χ3v) is 2.43. The maximum Gasteiger partial charge on any atom is 0.307 e. The minimum absolute atomic E-state index is 0.0558. The minimum atomic E-state index is -0.824. The van der Waals surface area contributed by atoms with Crippen molar-refractivity contribution in [1.29, 1.82) is 0 Å². The van der Waals surface area contributed by atoms with Gasteiger partial charge < -0.3 is 15.8 Å². The van der Waals surface area contributed by atoms with Crippen LogP contribution in [0, 0.1) is 6.92 Å². The molecule has 1 aromatic heterocycles. The number of aryl methyl sites for hydroxylation is 2. The lowest BCUT2D eigenvalue weighted by Gasteiger charge is -1.96. The topological polar surface area (TPSA) is 92.0 Å². The lowest BCUT2D eigenvalue weighted by molar-refractivity contribution is -0.136. The first kappa shape index (κ1) is 14.8. The number of nitrogens with two attached hydrogens (primary N) is 1. The van der Waals surface area contributed by atoms with Gasteiger partial charge in [0.05, 0.1) is 6.42 Å². The van der Waals surface area contributed by atoms with Crippen molar-refractivity contribution in [2.24, 2.45) is 0 Å². The van der Waals surface area contributed by atoms with E-state index < -0.39 is 5.97 Å². The van der Waals surface area contributed by atoms with Crippen LogP contribution in [0.15, 0.2) is 30.5 Å². The van der Waals surface area contributed by atoms with Crippen LogP contribution in [-0.4, -0.2) is 21.0 Å². The third-order valence-electron chi connectivity index (χ3n) is 2.43. The monoisotopic (exact) mass is 261 g/mol. The molecule has 0 spiro atoms. The molecule has 102 valence electrons. The highest BCUT2D eigenvalue weighted by Gasteiger charge is 1.98. The van der Waals surface area contributed by atoms with Gasteiger partial charge in [-0.3, -0.25) is 4.79 Å². The maximum absolute atomic E-state index is 10.2. The number of carbonyl (C=O) groups is 1. The fraction of sp³-hybridized carbons (Fsp3) is 0.286. The van der Waals surface area contributed by atoms with E-state index in [0.29, 0.717) is 5.69 Å². The first-order valence-corrected chi connectivity index (χ1v) is 6.08. The van der Waals surface area contributed by atoms with E-state index in [2.05, 4.69) is 16.9 Å². The van der Waals surface area contributed by atoms with Crippen molar-refractivity contribution < 1.29 is 9.90 Å². The van der Waals surface area contributed by atoms with Crippen molar-refractivity contribution in [3.05, 3.63) is 47.5 Å². The van der Waals surface area contributed by atoms with E-state index in [9.17, 15) is 4.79 Å². The van der Waals surface area contributed by atoms with Crippen LogP contribution < -0.4 is 5.73 Å². The van der Waals surface area contributed by atoms with Crippen LogP contribution >= 0.6 is 0 Å². The molecule has 1 aromatic carbocycles. The number of carboxylic acids is 1. The normalized spacial score (nSPS) is 9.58. The Hall–Kier alpha value is -2.30. The predicted octanol–water partition coefficient (Wildman–Crippen LogP) is 2.18. The van der Waals surface area contributed by atoms with Gasteiger partial charge in [-0.15, -0.1) is 0 Å². The molecule has 0 bridgehead atoms. The number of H-pyrrole nitrogens is 1. The van der Waals surface area contributed by atoms with E-state index in [1.807, 2.05) is 13.1 Å². The number of rotatable bonds is 3. The van der Waals surface area contributed by atoms with Crippen molar-refractivity contribution in [2.75, 3.05) is 5.73 Å². The van der Waals surface area contributed by atoms with Crippen molar-refractivity contribution in [2.45, 2.75) is 26.7 Å². The summed E-state index contributed by atoms with van der Waals surface area (Å²) in [6, 6.07) is 6.81. The Morgan fingerprint density at radius 2 is 2.00 bits per heavy atom. The molecule has 2 aromatic rings. The Labute approximate surface area is 112 Å². The average Bonchev–Trinajstić information content (AvgIpc) is 2.78. The van der Waals surface area contributed by atoms with Gasteiger partial charge in [0.15, 0.2) is 0 Å². The molecule has 0 saturated heterocycles. The lowest BCUT2D eigenvalue weighted by Crippen LogP contribution is -1.99. The summed E-state index contributed by atoms with van der Waals surface area (Å²) in [4.78, 5) is 17.4. The van der Waals surface area contributed by atoms with Crippen molar-refractivity contribution >= 4 is 11.7 Å². The molecule has 0 amide bonds. The van der Waals surface area contributed by atoms with Crippen molar-refractivity contribution in [3.63, 3.8) is 0 Å². The van der Waals surface area contributed by atoms with Gasteiger partial charge in [-0.1, -0.05) is 19.1 Å². The Balaban J connectivity index is 0.000000200. The van der Waals surface area contributed by atoms with Gasteiger partial charge in [0.2, 0.25) is 0 Å². The zero-order valence-electron chi connectivity index (χ0n) is 11.2. The number of aliphatic carboxylic acids is 1. The van der Waals surface area contributed by atoms with E-state index in [-0.39, 0.29) is 6.42 Å². The standard InChI is InChI=1S/C8H9NO2.C6H10N2/c9-7-3-1-6(2-4-7)5-8(10)11;1-3-6-7-4-5(2)8-6/h1-4H,5,9H2,(H,10,11);4H,3H2,1-2H3,(H,7,8). The molecule has 0 saturated carbocycles. The smallest absolute Gasteiger partial charge is 0.307 e. The number of nitrogen functional groups attached to an aromatic ring is 1. The molecule has 1 heterocycles. The zero-order chi connectivity index (χ0) is 14.3. The Morgan fingerprint density at radius 3 is 2.37 bits per heavy atom. The van der Waals surface area contributed by atoms with E-state index in [1.54, 1.807) is 24.3 Å². The highest BCUT2D eigenvalue weighted by atomic mass is 16.4. The number of nitrogens with one attached hydrogen (secondary N) is 1. The SMILES string of the molecule is CCc1ncc(C)[nH]1.Nc1ccc(CC(=O)O)cc1. The summed E-state index contributed by atoms with van der Waals surface area (Å²) in [5, 5.41) is 8.40. The number of aromatic nitrogens is 2. The average molecular weight is 261 g/mol. The summed E-state index contributed by atoms with van der Waals surface area (Å²) >= 11 is 0. The minimum Gasteiger partial charge on any atom is -0.481 e. The fourth-order valence-electron chi connectivity index (χ4n) is 1.46. The number of imidazole rings is 1. The zero-order valence-corrected chi connectivity index (χ0v) is 11.2. The first-order chi connectivity index (χ1) is 9.01. The number of aromatic amines is 1. The summed E-state index contributed by atoms with van der Waals surface area (Å²) in [6.45, 7) is 4.09. The van der Waals surface area contributed by atoms with E-state index >= 15 is 0 Å². The quantitative estimate of drug-likeness (QED) is 0.738. The van der Waals surface area contributed by atoms with Crippen LogP contribution in [0.1, 0.15) is 24.0 Å². The summed E-state index contributed by atoms with van der Waals surface area (Å²) in [7, 11) is 0. The van der Waals surface area contributed by atoms with E-state index in [1.165, 1.54) is 0 Å². The second kappa shape index (κ2) is 7.20. The van der Waals surface area contributed by atoms with Gasteiger partial charge in [0, 0.05) is 24.0 Å². The summed E-state index contributed by atoms with van der Waals surface area (Å²) in [5.74, 6) is 0.247. The molecule has 5 nitrogen and oxygen atoms in total. The number of anilines is 1. The second-order valence-electron chi connectivity index (χ2n) is 4.18. The summed E-state index contributed by atoms with van der Waals surface area (Å²) < 4.78 is 0. The van der Waals surface area contributed by atoms with Gasteiger partial charge >= 0.3 is 5.97 Å². The molecule has 2 rings (SSSR count). The Morgan fingerprint density at radius 1 is 1.37 bits per heavy atom. The van der Waals surface area contributed by atoms with Gasteiger partial charge in [-0.25, -0.2) is 4.98 Å². The third kappa shape index (κ3) is 5.72. The van der Waals surface area contributed by atoms with Gasteiger partial charge in [0.25, 0.3) is 0 Å². The molecular weight excluding hydrogens is 242 g/mol. The number of hydrogen-bond acceptors (Lipinski definition) is 3. The Kier molecular flexibility index (Phi) is 5.60.